The molecule has 1 amide bonds. The minimum Gasteiger partial charge on any atom is -0.492 e. The van der Waals surface area contributed by atoms with Gasteiger partial charge >= 0.3 is 0 Å². The van der Waals surface area contributed by atoms with Crippen molar-refractivity contribution in [2.24, 2.45) is 0 Å². The number of amides is 1. The third-order valence-corrected chi connectivity index (χ3v) is 5.35. The number of nitrogens with zero attached hydrogens (tertiary/aromatic N) is 1. The van der Waals surface area contributed by atoms with Gasteiger partial charge in [-0.05, 0) is 68.9 Å². The smallest absolute Gasteiger partial charge is 0.235 e. The van der Waals surface area contributed by atoms with E-state index in [-0.39, 0.29) is 5.91 Å². The minimum atomic E-state index is -0.607. The molecule has 0 spiro atoms. The number of anilines is 1. The maximum absolute atomic E-state index is 13.3. The fraction of sp³-hybridized carbons (Fsp3) is 0.409. The highest BCUT2D eigenvalue weighted by Crippen LogP contribution is 2.36. The minimum absolute atomic E-state index is 0.0144. The molecule has 0 saturated carbocycles. The van der Waals surface area contributed by atoms with Gasteiger partial charge in [0.15, 0.2) is 0 Å². The molecule has 0 radical (unpaired) electrons. The molecule has 1 aliphatic heterocycles. The average Bonchev–Trinajstić information content (AvgIpc) is 2.70. The van der Waals surface area contributed by atoms with Gasteiger partial charge in [-0.3, -0.25) is 4.79 Å². The Bertz CT molecular complexity index is 769. The molecule has 1 aliphatic rings. The zero-order chi connectivity index (χ0) is 20.0. The number of hydrogen-bond donors (Lipinski definition) is 1. The lowest BCUT2D eigenvalue weighted by Gasteiger charge is -2.36. The van der Waals surface area contributed by atoms with E-state index in [0.29, 0.717) is 37.7 Å². The van der Waals surface area contributed by atoms with Crippen LogP contribution in [0, 0.1) is 0 Å². The van der Waals surface area contributed by atoms with Crippen molar-refractivity contribution in [3.63, 3.8) is 0 Å². The van der Waals surface area contributed by atoms with Crippen molar-refractivity contribution in [2.75, 3.05) is 45.8 Å². The SMILES string of the molecule is CN(C)CCOc1ccc(NC(=O)C2(c3ccc(Cl)cc3)CCOCC2)cc1. The van der Waals surface area contributed by atoms with Gasteiger partial charge in [0.2, 0.25) is 5.91 Å². The Morgan fingerprint density at radius 3 is 2.36 bits per heavy atom. The standard InChI is InChI=1S/C22H27ClN2O3/c1-25(2)13-16-28-20-9-7-19(8-10-20)24-21(26)22(11-14-27-15-12-22)17-3-5-18(23)6-4-17/h3-10H,11-16H2,1-2H3,(H,24,26). The van der Waals surface area contributed by atoms with Crippen LogP contribution in [-0.2, 0) is 14.9 Å². The first-order chi connectivity index (χ1) is 13.5. The molecule has 2 aromatic carbocycles. The number of nitrogens with one attached hydrogen (secondary N) is 1. The molecule has 2 aromatic rings. The quantitative estimate of drug-likeness (QED) is 0.761. The van der Waals surface area contributed by atoms with E-state index < -0.39 is 5.41 Å². The lowest BCUT2D eigenvalue weighted by atomic mass is 9.73. The molecule has 0 bridgehead atoms. The summed E-state index contributed by atoms with van der Waals surface area (Å²) in [7, 11) is 4.02. The van der Waals surface area contributed by atoms with Gasteiger partial charge in [0.1, 0.15) is 12.4 Å². The topological polar surface area (TPSA) is 50.8 Å². The highest BCUT2D eigenvalue weighted by Gasteiger charge is 2.41. The number of hydrogen-bond acceptors (Lipinski definition) is 4. The van der Waals surface area contributed by atoms with Crippen LogP contribution in [0.1, 0.15) is 18.4 Å². The third-order valence-electron chi connectivity index (χ3n) is 5.10. The van der Waals surface area contributed by atoms with Crippen LogP contribution in [0.2, 0.25) is 5.02 Å². The van der Waals surface area contributed by atoms with Crippen LogP contribution in [0.5, 0.6) is 5.75 Å². The van der Waals surface area contributed by atoms with Gasteiger partial charge in [0, 0.05) is 30.5 Å². The predicted molar refractivity (Wildman–Crippen MR) is 112 cm³/mol. The van der Waals surface area contributed by atoms with Gasteiger partial charge in [-0.2, -0.15) is 0 Å². The summed E-state index contributed by atoms with van der Waals surface area (Å²) in [5.74, 6) is 0.776. The molecule has 150 valence electrons. The Labute approximate surface area is 171 Å². The van der Waals surface area contributed by atoms with Crippen molar-refractivity contribution < 1.29 is 14.3 Å². The highest BCUT2D eigenvalue weighted by atomic mass is 35.5. The van der Waals surface area contributed by atoms with E-state index in [0.717, 1.165) is 23.5 Å². The lowest BCUT2D eigenvalue weighted by Crippen LogP contribution is -2.44. The summed E-state index contributed by atoms with van der Waals surface area (Å²) >= 11 is 6.03. The van der Waals surface area contributed by atoms with Crippen LogP contribution in [-0.4, -0.2) is 51.3 Å². The molecule has 5 nitrogen and oxygen atoms in total. The van der Waals surface area contributed by atoms with E-state index in [9.17, 15) is 4.79 Å². The van der Waals surface area contributed by atoms with Gasteiger partial charge in [0.05, 0.1) is 5.41 Å². The molecule has 3 rings (SSSR count). The van der Waals surface area contributed by atoms with Gasteiger partial charge in [-0.25, -0.2) is 0 Å². The largest absolute Gasteiger partial charge is 0.492 e. The Hall–Kier alpha value is -2.08. The van der Waals surface area contributed by atoms with Crippen molar-refractivity contribution in [2.45, 2.75) is 18.3 Å². The van der Waals surface area contributed by atoms with Crippen molar-refractivity contribution >= 4 is 23.2 Å². The number of likely N-dealkylation sites (N-methyl/N-ethyl adjacent to an activating group) is 1. The number of rotatable bonds is 7. The van der Waals surface area contributed by atoms with E-state index in [4.69, 9.17) is 21.1 Å². The zero-order valence-corrected chi connectivity index (χ0v) is 17.2. The predicted octanol–water partition coefficient (Wildman–Crippen LogP) is 3.97. The lowest BCUT2D eigenvalue weighted by molar-refractivity contribution is -0.125. The molecule has 0 aliphatic carbocycles. The van der Waals surface area contributed by atoms with Crippen molar-refractivity contribution in [3.8, 4) is 5.75 Å². The van der Waals surface area contributed by atoms with E-state index >= 15 is 0 Å². The molecule has 0 atom stereocenters. The highest BCUT2D eigenvalue weighted by molar-refractivity contribution is 6.30. The Morgan fingerprint density at radius 1 is 1.11 bits per heavy atom. The zero-order valence-electron chi connectivity index (χ0n) is 16.4. The summed E-state index contributed by atoms with van der Waals surface area (Å²) < 4.78 is 11.2. The summed E-state index contributed by atoms with van der Waals surface area (Å²) in [4.78, 5) is 15.3. The van der Waals surface area contributed by atoms with E-state index in [2.05, 4.69) is 10.2 Å². The molecular weight excluding hydrogens is 376 g/mol. The number of carbonyl (C=O) groups excluding carboxylic acids is 1. The first-order valence-electron chi connectivity index (χ1n) is 9.52. The molecule has 1 saturated heterocycles. The second-order valence-corrected chi connectivity index (χ2v) is 7.77. The first-order valence-corrected chi connectivity index (χ1v) is 9.90. The van der Waals surface area contributed by atoms with Crippen LogP contribution in [0.3, 0.4) is 0 Å². The summed E-state index contributed by atoms with van der Waals surface area (Å²) in [6, 6.07) is 15.1. The van der Waals surface area contributed by atoms with Crippen LogP contribution in [0.4, 0.5) is 5.69 Å². The van der Waals surface area contributed by atoms with Gasteiger partial charge in [0.25, 0.3) is 0 Å². The second-order valence-electron chi connectivity index (χ2n) is 7.33. The second kappa shape index (κ2) is 9.41. The summed E-state index contributed by atoms with van der Waals surface area (Å²) in [5, 5.41) is 3.74. The number of benzene rings is 2. The van der Waals surface area contributed by atoms with Crippen LogP contribution in [0.25, 0.3) is 0 Å². The first kappa shape index (κ1) is 20.6. The molecule has 0 aromatic heterocycles. The van der Waals surface area contributed by atoms with Gasteiger partial charge < -0.3 is 19.7 Å². The Morgan fingerprint density at radius 2 is 1.75 bits per heavy atom. The van der Waals surface area contributed by atoms with E-state index in [1.165, 1.54) is 0 Å². The van der Waals surface area contributed by atoms with Gasteiger partial charge in [-0.1, -0.05) is 23.7 Å². The molecule has 0 unspecified atom stereocenters. The fourth-order valence-corrected chi connectivity index (χ4v) is 3.49. The molecular formula is C22H27ClN2O3. The van der Waals surface area contributed by atoms with Crippen LogP contribution < -0.4 is 10.1 Å². The summed E-state index contributed by atoms with van der Waals surface area (Å²) in [6.07, 6.45) is 1.29. The average molecular weight is 403 g/mol. The molecule has 1 N–H and O–H groups in total. The maximum atomic E-state index is 13.3. The summed E-state index contributed by atoms with van der Waals surface area (Å²) in [5.41, 5.74) is 1.12. The molecule has 1 fully saturated rings. The van der Waals surface area contributed by atoms with Crippen LogP contribution in [0.15, 0.2) is 48.5 Å². The van der Waals surface area contributed by atoms with Crippen LogP contribution >= 0.6 is 11.6 Å². The normalized spacial score (nSPS) is 16.0. The van der Waals surface area contributed by atoms with Gasteiger partial charge in [-0.15, -0.1) is 0 Å². The van der Waals surface area contributed by atoms with E-state index in [1.807, 2.05) is 62.6 Å². The summed E-state index contributed by atoms with van der Waals surface area (Å²) in [6.45, 7) is 2.60. The Balaban J connectivity index is 1.71. The van der Waals surface area contributed by atoms with E-state index in [1.54, 1.807) is 0 Å². The molecule has 1 heterocycles. The number of carbonyl (C=O) groups is 1. The van der Waals surface area contributed by atoms with Crippen molar-refractivity contribution in [3.05, 3.63) is 59.1 Å². The molecule has 6 heteroatoms. The number of halogens is 1. The Kier molecular flexibility index (Phi) is 6.94. The van der Waals surface area contributed by atoms with Crippen molar-refractivity contribution in [1.29, 1.82) is 0 Å². The fourth-order valence-electron chi connectivity index (χ4n) is 3.37. The number of ether oxygens (including phenoxy) is 2. The third kappa shape index (κ3) is 5.04. The maximum Gasteiger partial charge on any atom is 0.235 e. The monoisotopic (exact) mass is 402 g/mol. The van der Waals surface area contributed by atoms with Crippen molar-refractivity contribution in [1.82, 2.24) is 4.90 Å². The molecule has 28 heavy (non-hydrogen) atoms.